The lowest BCUT2D eigenvalue weighted by Gasteiger charge is -2.32. The smallest absolute Gasteiger partial charge is 0.0900 e. The van der Waals surface area contributed by atoms with Crippen molar-refractivity contribution in [3.05, 3.63) is 15.6 Å². The van der Waals surface area contributed by atoms with Crippen LogP contribution in [0.5, 0.6) is 0 Å². The summed E-state index contributed by atoms with van der Waals surface area (Å²) in [5.74, 6) is 0.822. The Morgan fingerprint density at radius 2 is 2.22 bits per heavy atom. The van der Waals surface area contributed by atoms with Crippen LogP contribution in [0.3, 0.4) is 0 Å². The Kier molecular flexibility index (Phi) is 6.57. The number of aromatic nitrogens is 1. The number of hydrogen-bond acceptors (Lipinski definition) is 4. The molecule has 0 spiro atoms. The van der Waals surface area contributed by atoms with Crippen molar-refractivity contribution in [2.75, 3.05) is 26.7 Å². The zero-order valence-corrected chi connectivity index (χ0v) is 13.2. The largest absolute Gasteiger partial charge is 0.319 e. The van der Waals surface area contributed by atoms with E-state index in [1.165, 1.54) is 41.5 Å². The molecule has 0 amide bonds. The number of likely N-dealkylation sites (tertiary alicyclic amines) is 1. The Hall–Kier alpha value is -0.160. The summed E-state index contributed by atoms with van der Waals surface area (Å²) >= 11 is 1.85. The van der Waals surface area contributed by atoms with Crippen molar-refractivity contribution in [2.45, 2.75) is 33.2 Å². The van der Waals surface area contributed by atoms with Gasteiger partial charge < -0.3 is 5.32 Å². The van der Waals surface area contributed by atoms with Crippen LogP contribution in [0.1, 0.15) is 28.4 Å². The van der Waals surface area contributed by atoms with Gasteiger partial charge in [-0.2, -0.15) is 0 Å². The first-order valence-electron chi connectivity index (χ1n) is 6.49. The second-order valence-corrected chi connectivity index (χ2v) is 6.33. The monoisotopic (exact) mass is 289 g/mol. The number of rotatable bonds is 4. The van der Waals surface area contributed by atoms with Crippen molar-refractivity contribution in [2.24, 2.45) is 5.92 Å². The van der Waals surface area contributed by atoms with Crippen molar-refractivity contribution in [3.63, 3.8) is 0 Å². The second kappa shape index (κ2) is 7.43. The van der Waals surface area contributed by atoms with Crippen LogP contribution in [-0.2, 0) is 6.54 Å². The normalized spacial score (nSPS) is 20.7. The lowest BCUT2D eigenvalue weighted by atomic mass is 9.98. The van der Waals surface area contributed by atoms with E-state index in [-0.39, 0.29) is 12.4 Å². The van der Waals surface area contributed by atoms with Crippen molar-refractivity contribution < 1.29 is 0 Å². The van der Waals surface area contributed by atoms with Crippen LogP contribution in [0.4, 0.5) is 0 Å². The fourth-order valence-corrected chi connectivity index (χ4v) is 3.65. The molecule has 104 valence electrons. The highest BCUT2D eigenvalue weighted by Crippen LogP contribution is 2.23. The molecule has 2 rings (SSSR count). The maximum absolute atomic E-state index is 4.51. The van der Waals surface area contributed by atoms with Gasteiger partial charge in [0.15, 0.2) is 0 Å². The average Bonchev–Trinajstić information content (AvgIpc) is 2.58. The van der Waals surface area contributed by atoms with Gasteiger partial charge in [0.05, 0.1) is 10.7 Å². The van der Waals surface area contributed by atoms with Gasteiger partial charge in [-0.15, -0.1) is 23.7 Å². The van der Waals surface area contributed by atoms with Gasteiger partial charge in [0, 0.05) is 18.0 Å². The Bertz CT molecular complexity index is 365. The summed E-state index contributed by atoms with van der Waals surface area (Å²) < 4.78 is 0. The summed E-state index contributed by atoms with van der Waals surface area (Å²) in [4.78, 5) is 8.55. The number of hydrogen-bond donors (Lipinski definition) is 1. The molecular formula is C13H24ClN3S. The van der Waals surface area contributed by atoms with E-state index in [1.807, 2.05) is 11.3 Å². The third kappa shape index (κ3) is 4.19. The molecule has 1 aromatic rings. The molecule has 1 fully saturated rings. The minimum Gasteiger partial charge on any atom is -0.319 e. The van der Waals surface area contributed by atoms with Crippen molar-refractivity contribution in [1.82, 2.24) is 15.2 Å². The summed E-state index contributed by atoms with van der Waals surface area (Å²) in [5, 5.41) is 4.50. The third-order valence-electron chi connectivity index (χ3n) is 3.46. The Balaban J connectivity index is 0.00000162. The van der Waals surface area contributed by atoms with Gasteiger partial charge in [-0.25, -0.2) is 4.98 Å². The molecular weight excluding hydrogens is 266 g/mol. The zero-order valence-electron chi connectivity index (χ0n) is 11.5. The molecule has 1 saturated heterocycles. The molecule has 5 heteroatoms. The minimum atomic E-state index is 0. The molecule has 0 saturated carbocycles. The number of halogens is 1. The van der Waals surface area contributed by atoms with Crippen LogP contribution < -0.4 is 5.32 Å². The number of piperidine rings is 1. The molecule has 0 bridgehead atoms. The SMILES string of the molecule is CNCC1CCCN(Cc2sc(C)nc2C)C1.Cl. The molecule has 0 aliphatic carbocycles. The molecule has 0 aromatic carbocycles. The first-order valence-corrected chi connectivity index (χ1v) is 7.30. The maximum atomic E-state index is 4.51. The van der Waals surface area contributed by atoms with Crippen LogP contribution in [0.15, 0.2) is 0 Å². The number of aryl methyl sites for hydroxylation is 2. The molecule has 1 unspecified atom stereocenters. The minimum absolute atomic E-state index is 0. The van der Waals surface area contributed by atoms with Gasteiger partial charge in [0.2, 0.25) is 0 Å². The van der Waals surface area contributed by atoms with E-state index in [9.17, 15) is 0 Å². The predicted molar refractivity (Wildman–Crippen MR) is 80.8 cm³/mol. The van der Waals surface area contributed by atoms with E-state index in [0.29, 0.717) is 0 Å². The number of thiazole rings is 1. The van der Waals surface area contributed by atoms with Crippen molar-refractivity contribution in [1.29, 1.82) is 0 Å². The van der Waals surface area contributed by atoms with Gasteiger partial charge >= 0.3 is 0 Å². The lowest BCUT2D eigenvalue weighted by Crippen LogP contribution is -2.38. The summed E-state index contributed by atoms with van der Waals surface area (Å²) in [6, 6.07) is 0. The van der Waals surface area contributed by atoms with E-state index in [4.69, 9.17) is 0 Å². The lowest BCUT2D eigenvalue weighted by molar-refractivity contribution is 0.168. The third-order valence-corrected chi connectivity index (χ3v) is 4.52. The second-order valence-electron chi connectivity index (χ2n) is 5.04. The van der Waals surface area contributed by atoms with Gasteiger partial charge in [-0.3, -0.25) is 4.90 Å². The Morgan fingerprint density at radius 3 is 2.83 bits per heavy atom. The van der Waals surface area contributed by atoms with E-state index in [2.05, 4.69) is 36.1 Å². The fraction of sp³-hybridized carbons (Fsp3) is 0.769. The van der Waals surface area contributed by atoms with E-state index in [0.717, 1.165) is 19.0 Å². The highest BCUT2D eigenvalue weighted by molar-refractivity contribution is 7.11. The van der Waals surface area contributed by atoms with Gasteiger partial charge in [-0.05, 0) is 52.7 Å². The maximum Gasteiger partial charge on any atom is 0.0900 e. The molecule has 2 heterocycles. The average molecular weight is 290 g/mol. The number of nitrogens with zero attached hydrogens (tertiary/aromatic N) is 2. The standard InChI is InChI=1S/C13H23N3S.ClH/c1-10-13(17-11(2)15-10)9-16-6-4-5-12(8-16)7-14-3;/h12,14H,4-9H2,1-3H3;1H. The number of nitrogens with one attached hydrogen (secondary N) is 1. The highest BCUT2D eigenvalue weighted by Gasteiger charge is 2.20. The van der Waals surface area contributed by atoms with E-state index in [1.54, 1.807) is 0 Å². The van der Waals surface area contributed by atoms with Crippen molar-refractivity contribution >= 4 is 23.7 Å². The molecule has 3 nitrogen and oxygen atoms in total. The fourth-order valence-electron chi connectivity index (χ4n) is 2.67. The molecule has 18 heavy (non-hydrogen) atoms. The van der Waals surface area contributed by atoms with Crippen molar-refractivity contribution in [3.8, 4) is 0 Å². The van der Waals surface area contributed by atoms with Crippen LogP contribution in [0, 0.1) is 19.8 Å². The van der Waals surface area contributed by atoms with E-state index < -0.39 is 0 Å². The van der Waals surface area contributed by atoms with E-state index >= 15 is 0 Å². The molecule has 1 aliphatic rings. The molecule has 0 radical (unpaired) electrons. The molecule has 1 aliphatic heterocycles. The quantitative estimate of drug-likeness (QED) is 0.923. The Labute approximate surface area is 120 Å². The first kappa shape index (κ1) is 15.9. The predicted octanol–water partition coefficient (Wildman–Crippen LogP) is 2.61. The van der Waals surface area contributed by atoms with Gasteiger partial charge in [0.25, 0.3) is 0 Å². The van der Waals surface area contributed by atoms with Gasteiger partial charge in [0.1, 0.15) is 0 Å². The summed E-state index contributed by atoms with van der Waals surface area (Å²) in [5.41, 5.74) is 1.23. The van der Waals surface area contributed by atoms with Crippen LogP contribution in [-0.4, -0.2) is 36.6 Å². The summed E-state index contributed by atoms with van der Waals surface area (Å²) in [6.07, 6.45) is 2.71. The molecule has 1 aromatic heterocycles. The molecule has 1 N–H and O–H groups in total. The topological polar surface area (TPSA) is 28.2 Å². The van der Waals surface area contributed by atoms with Crippen LogP contribution in [0.25, 0.3) is 0 Å². The molecule has 1 atom stereocenters. The Morgan fingerprint density at radius 1 is 1.44 bits per heavy atom. The van der Waals surface area contributed by atoms with Crippen LogP contribution in [0.2, 0.25) is 0 Å². The first-order chi connectivity index (χ1) is 8.19. The van der Waals surface area contributed by atoms with Gasteiger partial charge in [-0.1, -0.05) is 0 Å². The summed E-state index contributed by atoms with van der Waals surface area (Å²) in [7, 11) is 2.05. The highest BCUT2D eigenvalue weighted by atomic mass is 35.5. The summed E-state index contributed by atoms with van der Waals surface area (Å²) in [6.45, 7) is 8.96. The zero-order chi connectivity index (χ0) is 12.3. The van der Waals surface area contributed by atoms with Crippen LogP contribution >= 0.6 is 23.7 Å².